The number of rotatable bonds is 0. The van der Waals surface area contributed by atoms with Crippen molar-refractivity contribution < 1.29 is 27.7 Å². The molecule has 116 valence electrons. The van der Waals surface area contributed by atoms with Crippen LogP contribution in [0, 0.1) is 0 Å². The molecule has 5 heteroatoms. The fourth-order valence-corrected chi connectivity index (χ4v) is 2.94. The SMILES string of the molecule is C1=Cc2cc3ccc(cc4ccc(cc5nc(cc1n2)C=C5)[nH]4)[nH]3.[Hg]. The molecule has 0 fully saturated rings. The third-order valence-electron chi connectivity index (χ3n) is 4.04. The third-order valence-corrected chi connectivity index (χ3v) is 4.04. The molecule has 0 aromatic carbocycles. The van der Waals surface area contributed by atoms with Crippen molar-refractivity contribution in [2.45, 2.75) is 0 Å². The Hall–Kier alpha value is -2.46. The first-order valence-electron chi connectivity index (χ1n) is 7.85. The van der Waals surface area contributed by atoms with Gasteiger partial charge in [-0.1, -0.05) is 0 Å². The molecular formula is C20H14HgN4. The molecule has 3 aromatic heterocycles. The zero-order chi connectivity index (χ0) is 15.9. The number of nitrogens with zero attached hydrogens (tertiary/aromatic N) is 2. The summed E-state index contributed by atoms with van der Waals surface area (Å²) in [7, 11) is 0. The molecule has 2 aliphatic heterocycles. The van der Waals surface area contributed by atoms with Crippen molar-refractivity contribution in [2.24, 2.45) is 0 Å². The fraction of sp³-hybridized carbons (Fsp3) is 0. The van der Waals surface area contributed by atoms with Crippen molar-refractivity contribution in [3.05, 3.63) is 71.3 Å². The van der Waals surface area contributed by atoms with Crippen molar-refractivity contribution in [1.82, 2.24) is 19.9 Å². The van der Waals surface area contributed by atoms with E-state index in [1.54, 1.807) is 0 Å². The zero-order valence-electron chi connectivity index (χ0n) is 13.5. The summed E-state index contributed by atoms with van der Waals surface area (Å²) in [5.74, 6) is 0. The van der Waals surface area contributed by atoms with Gasteiger partial charge in [0.25, 0.3) is 0 Å². The molecule has 25 heavy (non-hydrogen) atoms. The Morgan fingerprint density at radius 3 is 1.28 bits per heavy atom. The van der Waals surface area contributed by atoms with Crippen LogP contribution in [0.2, 0.25) is 0 Å². The zero-order valence-corrected chi connectivity index (χ0v) is 19.0. The number of H-pyrrole nitrogens is 2. The molecule has 5 heterocycles. The van der Waals surface area contributed by atoms with E-state index in [1.165, 1.54) is 0 Å². The van der Waals surface area contributed by atoms with Crippen LogP contribution in [0.5, 0.6) is 0 Å². The summed E-state index contributed by atoms with van der Waals surface area (Å²) in [5.41, 5.74) is 7.86. The molecule has 0 amide bonds. The van der Waals surface area contributed by atoms with Crippen LogP contribution in [0.4, 0.5) is 0 Å². The predicted molar refractivity (Wildman–Crippen MR) is 98.9 cm³/mol. The average molecular weight is 511 g/mol. The van der Waals surface area contributed by atoms with Gasteiger partial charge in [0.05, 0.1) is 22.8 Å². The van der Waals surface area contributed by atoms with Gasteiger partial charge in [0, 0.05) is 49.7 Å². The Bertz CT molecular complexity index is 1080. The quantitative estimate of drug-likeness (QED) is 0.298. The smallest absolute Gasteiger partial charge is 0.0659 e. The van der Waals surface area contributed by atoms with Crippen molar-refractivity contribution in [2.75, 3.05) is 0 Å². The maximum absolute atomic E-state index is 4.62. The van der Waals surface area contributed by atoms with E-state index >= 15 is 0 Å². The minimum Gasteiger partial charge on any atom is -0.355 e. The van der Waals surface area contributed by atoms with E-state index in [0.29, 0.717) is 0 Å². The molecule has 2 N–H and O–H groups in total. The van der Waals surface area contributed by atoms with Gasteiger partial charge in [-0.2, -0.15) is 0 Å². The van der Waals surface area contributed by atoms with E-state index in [4.69, 9.17) is 0 Å². The van der Waals surface area contributed by atoms with Gasteiger partial charge in [-0.3, -0.25) is 0 Å². The molecule has 3 aromatic rings. The predicted octanol–water partition coefficient (Wildman–Crippen LogP) is 4.65. The second-order valence-electron chi connectivity index (χ2n) is 5.91. The van der Waals surface area contributed by atoms with Gasteiger partial charge in [0.15, 0.2) is 0 Å². The largest absolute Gasteiger partial charge is 0.355 e. The first-order chi connectivity index (χ1) is 11.8. The van der Waals surface area contributed by atoms with E-state index < -0.39 is 0 Å². The summed E-state index contributed by atoms with van der Waals surface area (Å²) in [5, 5.41) is 0. The average Bonchev–Trinajstić information content (AvgIpc) is 3.32. The Labute approximate surface area is 164 Å². The van der Waals surface area contributed by atoms with Gasteiger partial charge in [-0.05, 0) is 72.8 Å². The summed E-state index contributed by atoms with van der Waals surface area (Å²) in [6.45, 7) is 0. The molecule has 0 saturated heterocycles. The number of aromatic amines is 2. The molecule has 0 unspecified atom stereocenters. The molecule has 0 radical (unpaired) electrons. The maximum Gasteiger partial charge on any atom is 0.0659 e. The van der Waals surface area contributed by atoms with Crippen LogP contribution in [0.3, 0.4) is 0 Å². The van der Waals surface area contributed by atoms with E-state index in [-0.39, 0.29) is 27.7 Å². The van der Waals surface area contributed by atoms with Gasteiger partial charge in [0.2, 0.25) is 0 Å². The fourth-order valence-electron chi connectivity index (χ4n) is 2.94. The van der Waals surface area contributed by atoms with Gasteiger partial charge in [0.1, 0.15) is 0 Å². The van der Waals surface area contributed by atoms with Crippen LogP contribution in [0.1, 0.15) is 22.8 Å². The van der Waals surface area contributed by atoms with Crippen LogP contribution < -0.4 is 0 Å². The first-order valence-corrected chi connectivity index (χ1v) is 7.85. The van der Waals surface area contributed by atoms with Gasteiger partial charge in [-0.25, -0.2) is 9.97 Å². The maximum atomic E-state index is 4.62. The summed E-state index contributed by atoms with van der Waals surface area (Å²) < 4.78 is 0. The number of aromatic nitrogens is 4. The van der Waals surface area contributed by atoms with Gasteiger partial charge >= 0.3 is 0 Å². The number of hydrogen-bond acceptors (Lipinski definition) is 2. The third kappa shape index (κ3) is 3.35. The minimum absolute atomic E-state index is 0. The van der Waals surface area contributed by atoms with Crippen molar-refractivity contribution in [1.29, 1.82) is 0 Å². The van der Waals surface area contributed by atoms with Gasteiger partial charge < -0.3 is 9.97 Å². The van der Waals surface area contributed by atoms with E-state index in [0.717, 1.165) is 44.8 Å². The van der Waals surface area contributed by atoms with Crippen LogP contribution in [0.25, 0.3) is 46.4 Å². The summed E-state index contributed by atoms with van der Waals surface area (Å²) in [4.78, 5) is 16.0. The Morgan fingerprint density at radius 1 is 0.480 bits per heavy atom. The molecule has 0 saturated carbocycles. The Balaban J connectivity index is 0.00000157. The van der Waals surface area contributed by atoms with E-state index in [1.807, 2.05) is 42.5 Å². The van der Waals surface area contributed by atoms with Gasteiger partial charge in [-0.15, -0.1) is 0 Å². The van der Waals surface area contributed by atoms with E-state index in [2.05, 4.69) is 50.3 Å². The Kier molecular flexibility index (Phi) is 4.13. The Morgan fingerprint density at radius 2 is 0.840 bits per heavy atom. The molecule has 8 bridgehead atoms. The monoisotopic (exact) mass is 512 g/mol. The summed E-state index contributed by atoms with van der Waals surface area (Å²) in [6.07, 6.45) is 8.05. The number of fused-ring (bicyclic) bond motifs is 8. The normalized spacial score (nSPS) is 12.2. The van der Waals surface area contributed by atoms with Crippen molar-refractivity contribution in [3.63, 3.8) is 0 Å². The molecular weight excluding hydrogens is 497 g/mol. The molecule has 2 aliphatic rings. The molecule has 0 spiro atoms. The first kappa shape index (κ1) is 16.0. The number of nitrogens with one attached hydrogen (secondary N) is 2. The van der Waals surface area contributed by atoms with Crippen molar-refractivity contribution in [3.8, 4) is 0 Å². The standard InChI is InChI=1S/C20H14N4.Hg/c1-2-14-10-16-5-6-18(23-16)12-20-8-7-19(24-20)11-17-4-3-15(22-17)9-13(1)21-14;/h1-12,21-22H;. The topological polar surface area (TPSA) is 57.4 Å². The summed E-state index contributed by atoms with van der Waals surface area (Å²) >= 11 is 0. The molecule has 0 aliphatic carbocycles. The van der Waals surface area contributed by atoms with Crippen molar-refractivity contribution >= 4 is 46.4 Å². The van der Waals surface area contributed by atoms with Crippen LogP contribution >= 0.6 is 0 Å². The second-order valence-corrected chi connectivity index (χ2v) is 5.91. The van der Waals surface area contributed by atoms with E-state index in [9.17, 15) is 0 Å². The molecule has 0 atom stereocenters. The van der Waals surface area contributed by atoms with Crippen LogP contribution in [-0.4, -0.2) is 19.9 Å². The van der Waals surface area contributed by atoms with Crippen LogP contribution in [0.15, 0.2) is 48.5 Å². The van der Waals surface area contributed by atoms with Crippen LogP contribution in [-0.2, 0) is 27.7 Å². The molecule has 5 rings (SSSR count). The summed E-state index contributed by atoms with van der Waals surface area (Å²) in [6, 6.07) is 16.4. The molecule has 4 nitrogen and oxygen atoms in total. The number of hydrogen-bond donors (Lipinski definition) is 2. The second kappa shape index (κ2) is 6.45. The minimum atomic E-state index is 0.